The van der Waals surface area contributed by atoms with Crippen molar-refractivity contribution in [3.8, 4) is 11.1 Å². The average Bonchev–Trinajstić information content (AvgIpc) is 3.24. The Morgan fingerprint density at radius 1 is 1.00 bits per heavy atom. The maximum absolute atomic E-state index is 12.8. The molecule has 4 aromatic rings. The first-order valence-corrected chi connectivity index (χ1v) is 13.9. The number of carboxylic acid groups (broad SMARTS) is 1. The van der Waals surface area contributed by atoms with Gasteiger partial charge in [-0.15, -0.1) is 0 Å². The molecule has 0 bridgehead atoms. The molecule has 0 aliphatic heterocycles. The molecule has 1 unspecified atom stereocenters. The molecule has 8 heteroatoms. The third kappa shape index (κ3) is 7.31. The zero-order valence-corrected chi connectivity index (χ0v) is 23.5. The number of imidazole rings is 1. The fourth-order valence-corrected chi connectivity index (χ4v) is 5.07. The predicted octanol–water partition coefficient (Wildman–Crippen LogP) is 6.45. The first-order valence-electron chi connectivity index (χ1n) is 13.0. The van der Waals surface area contributed by atoms with Crippen LogP contribution in [-0.2, 0) is 30.7 Å². The van der Waals surface area contributed by atoms with Crippen molar-refractivity contribution in [1.82, 2.24) is 14.9 Å². The summed E-state index contributed by atoms with van der Waals surface area (Å²) in [4.78, 5) is 29.1. The highest BCUT2D eigenvalue weighted by Crippen LogP contribution is 2.26. The number of aryl methyl sites for hydroxylation is 1. The number of carboxylic acids is 1. The van der Waals surface area contributed by atoms with Gasteiger partial charge in [0.05, 0.1) is 23.1 Å². The van der Waals surface area contributed by atoms with Gasteiger partial charge in [-0.3, -0.25) is 4.79 Å². The lowest BCUT2D eigenvalue weighted by Gasteiger charge is -2.15. The molecule has 0 fully saturated rings. The molecule has 0 saturated heterocycles. The molecule has 2 N–H and O–H groups in total. The van der Waals surface area contributed by atoms with E-state index in [1.807, 2.05) is 66.7 Å². The molecule has 39 heavy (non-hydrogen) atoms. The van der Waals surface area contributed by atoms with Gasteiger partial charge < -0.3 is 15.0 Å². The first-order chi connectivity index (χ1) is 18.9. The Hall–Kier alpha value is -3.55. The SMILES string of the molecule is CCCCc1nc(Cl)c(CNC(=O)C(S)Cc2ccccc2)n1Cc1ccc(-c2ccccc2C(=O)O)cc1. The lowest BCUT2D eigenvalue weighted by molar-refractivity contribution is -0.120. The number of hydrogen-bond donors (Lipinski definition) is 3. The minimum atomic E-state index is -0.956. The summed E-state index contributed by atoms with van der Waals surface area (Å²) >= 11 is 11.1. The van der Waals surface area contributed by atoms with Gasteiger partial charge >= 0.3 is 5.97 Å². The van der Waals surface area contributed by atoms with Gasteiger partial charge in [-0.05, 0) is 41.2 Å². The number of carbonyl (C=O) groups excluding carboxylic acids is 1. The second kappa shape index (κ2) is 13.5. The topological polar surface area (TPSA) is 84.2 Å². The van der Waals surface area contributed by atoms with E-state index >= 15 is 0 Å². The molecule has 1 atom stereocenters. The molecule has 1 aromatic heterocycles. The van der Waals surface area contributed by atoms with Crippen molar-refractivity contribution in [2.24, 2.45) is 0 Å². The van der Waals surface area contributed by atoms with Crippen LogP contribution in [0.2, 0.25) is 5.15 Å². The molecule has 0 saturated carbocycles. The third-order valence-corrected chi connectivity index (χ3v) is 7.34. The molecule has 3 aromatic carbocycles. The van der Waals surface area contributed by atoms with E-state index in [4.69, 9.17) is 11.6 Å². The molecule has 0 aliphatic rings. The number of benzene rings is 3. The van der Waals surface area contributed by atoms with E-state index in [9.17, 15) is 14.7 Å². The summed E-state index contributed by atoms with van der Waals surface area (Å²) in [5, 5.41) is 12.4. The lowest BCUT2D eigenvalue weighted by Crippen LogP contribution is -2.33. The number of aromatic carboxylic acids is 1. The number of halogens is 1. The van der Waals surface area contributed by atoms with Crippen LogP contribution < -0.4 is 5.32 Å². The fourth-order valence-electron chi connectivity index (χ4n) is 4.50. The summed E-state index contributed by atoms with van der Waals surface area (Å²) in [5.74, 6) is -0.247. The quantitative estimate of drug-likeness (QED) is 0.174. The predicted molar refractivity (Wildman–Crippen MR) is 159 cm³/mol. The summed E-state index contributed by atoms with van der Waals surface area (Å²) < 4.78 is 2.07. The van der Waals surface area contributed by atoms with E-state index in [0.717, 1.165) is 47.5 Å². The van der Waals surface area contributed by atoms with Gasteiger partial charge in [0.1, 0.15) is 5.82 Å². The van der Waals surface area contributed by atoms with Crippen molar-refractivity contribution in [3.05, 3.63) is 112 Å². The number of unbranched alkanes of at least 4 members (excludes halogenated alkanes) is 1. The van der Waals surface area contributed by atoms with Gasteiger partial charge in [-0.2, -0.15) is 12.6 Å². The minimum Gasteiger partial charge on any atom is -0.478 e. The number of amides is 1. The van der Waals surface area contributed by atoms with Crippen LogP contribution >= 0.6 is 24.2 Å². The number of hydrogen-bond acceptors (Lipinski definition) is 4. The van der Waals surface area contributed by atoms with Crippen molar-refractivity contribution in [1.29, 1.82) is 0 Å². The Balaban J connectivity index is 1.52. The molecule has 0 spiro atoms. The van der Waals surface area contributed by atoms with Crippen LogP contribution in [0.3, 0.4) is 0 Å². The minimum absolute atomic E-state index is 0.164. The Bertz CT molecular complexity index is 1420. The molecule has 0 radical (unpaired) electrons. The van der Waals surface area contributed by atoms with Crippen LogP contribution in [0.4, 0.5) is 0 Å². The van der Waals surface area contributed by atoms with Crippen molar-refractivity contribution >= 4 is 36.1 Å². The Kier molecular flexibility index (Phi) is 9.85. The van der Waals surface area contributed by atoms with E-state index in [1.54, 1.807) is 12.1 Å². The van der Waals surface area contributed by atoms with Crippen LogP contribution in [0, 0.1) is 0 Å². The summed E-state index contributed by atoms with van der Waals surface area (Å²) in [6, 6.07) is 24.6. The zero-order valence-electron chi connectivity index (χ0n) is 21.8. The normalized spacial score (nSPS) is 11.8. The van der Waals surface area contributed by atoms with Crippen LogP contribution in [0.15, 0.2) is 78.9 Å². The molecule has 1 amide bonds. The zero-order chi connectivity index (χ0) is 27.8. The lowest BCUT2D eigenvalue weighted by atomic mass is 9.99. The fraction of sp³-hybridized carbons (Fsp3) is 0.258. The molecule has 1 heterocycles. The number of nitrogens with one attached hydrogen (secondary N) is 1. The second-order valence-corrected chi connectivity index (χ2v) is 10.4. The molecule has 0 aliphatic carbocycles. The molecule has 4 rings (SSSR count). The van der Waals surface area contributed by atoms with Gasteiger partial charge in [0.25, 0.3) is 0 Å². The highest BCUT2D eigenvalue weighted by molar-refractivity contribution is 7.81. The summed E-state index contributed by atoms with van der Waals surface area (Å²) in [6.45, 7) is 2.90. The number of aromatic nitrogens is 2. The van der Waals surface area contributed by atoms with Crippen molar-refractivity contribution in [2.75, 3.05) is 0 Å². The Labute approximate surface area is 239 Å². The molecule has 202 valence electrons. The van der Waals surface area contributed by atoms with Crippen LogP contribution in [0.5, 0.6) is 0 Å². The number of carbonyl (C=O) groups is 2. The summed E-state index contributed by atoms with van der Waals surface area (Å²) in [6.07, 6.45) is 3.30. The number of rotatable bonds is 12. The first kappa shape index (κ1) is 28.5. The van der Waals surface area contributed by atoms with E-state index in [2.05, 4.69) is 34.4 Å². The van der Waals surface area contributed by atoms with E-state index in [-0.39, 0.29) is 18.0 Å². The van der Waals surface area contributed by atoms with Crippen molar-refractivity contribution in [2.45, 2.75) is 50.9 Å². The monoisotopic (exact) mass is 561 g/mol. The van der Waals surface area contributed by atoms with Crippen LogP contribution in [-0.4, -0.2) is 31.8 Å². The maximum atomic E-state index is 12.8. The van der Waals surface area contributed by atoms with Gasteiger partial charge in [0.2, 0.25) is 5.91 Å². The highest BCUT2D eigenvalue weighted by Gasteiger charge is 2.20. The summed E-state index contributed by atoms with van der Waals surface area (Å²) in [5.41, 5.74) is 4.58. The molecular weight excluding hydrogens is 530 g/mol. The van der Waals surface area contributed by atoms with E-state index in [1.165, 1.54) is 0 Å². The van der Waals surface area contributed by atoms with Gasteiger partial charge in [0, 0.05) is 13.0 Å². The smallest absolute Gasteiger partial charge is 0.336 e. The van der Waals surface area contributed by atoms with E-state index in [0.29, 0.717) is 23.7 Å². The largest absolute Gasteiger partial charge is 0.478 e. The average molecular weight is 562 g/mol. The van der Waals surface area contributed by atoms with Crippen LogP contribution in [0.1, 0.15) is 52.8 Å². The second-order valence-electron chi connectivity index (χ2n) is 9.43. The van der Waals surface area contributed by atoms with Gasteiger partial charge in [-0.1, -0.05) is 97.7 Å². The standard InChI is InChI=1S/C31H32ClN3O3S/c1-2-3-13-28-34-29(32)26(19-33-30(36)27(39)18-21-9-5-4-6-10-21)35(28)20-22-14-16-23(17-15-22)24-11-7-8-12-25(24)31(37)38/h4-12,14-17,27,39H,2-3,13,18-20H2,1H3,(H,33,36)(H,37,38). The van der Waals surface area contributed by atoms with E-state index < -0.39 is 11.2 Å². The number of thiol groups is 1. The molecule has 6 nitrogen and oxygen atoms in total. The highest BCUT2D eigenvalue weighted by atomic mass is 35.5. The van der Waals surface area contributed by atoms with Crippen molar-refractivity contribution < 1.29 is 14.7 Å². The Morgan fingerprint density at radius 2 is 1.69 bits per heavy atom. The van der Waals surface area contributed by atoms with Crippen molar-refractivity contribution in [3.63, 3.8) is 0 Å². The van der Waals surface area contributed by atoms with Gasteiger partial charge in [0.15, 0.2) is 5.15 Å². The maximum Gasteiger partial charge on any atom is 0.336 e. The summed E-state index contributed by atoms with van der Waals surface area (Å²) in [7, 11) is 0. The Morgan fingerprint density at radius 3 is 2.38 bits per heavy atom. The van der Waals surface area contributed by atoms with Gasteiger partial charge in [-0.25, -0.2) is 9.78 Å². The van der Waals surface area contributed by atoms with Crippen LogP contribution in [0.25, 0.3) is 11.1 Å². The molecular formula is C31H32ClN3O3S. The number of nitrogens with zero attached hydrogens (tertiary/aromatic N) is 2. The third-order valence-electron chi connectivity index (χ3n) is 6.62.